The van der Waals surface area contributed by atoms with Gasteiger partial charge in [0.2, 0.25) is 0 Å². The Bertz CT molecular complexity index is 800. The van der Waals surface area contributed by atoms with Gasteiger partial charge in [0.05, 0.1) is 19.3 Å². The number of rotatable bonds is 1. The van der Waals surface area contributed by atoms with E-state index < -0.39 is 0 Å². The van der Waals surface area contributed by atoms with Crippen LogP contribution < -0.4 is 0 Å². The SMILES string of the molecule is Cc1ccc2c(c1)C(c1ccc(Cl)cc1)N(C(=O)N1CCOCC1)CC2. The van der Waals surface area contributed by atoms with E-state index in [1.165, 1.54) is 16.7 Å². The Balaban J connectivity index is 1.75. The molecule has 2 aromatic carbocycles. The number of amides is 2. The first kappa shape index (κ1) is 17.4. The molecule has 1 unspecified atom stereocenters. The van der Waals surface area contributed by atoms with Crippen LogP contribution in [0, 0.1) is 6.92 Å². The van der Waals surface area contributed by atoms with Gasteiger partial charge >= 0.3 is 6.03 Å². The number of hydrogen-bond acceptors (Lipinski definition) is 2. The molecule has 1 atom stereocenters. The highest BCUT2D eigenvalue weighted by Gasteiger charge is 2.34. The summed E-state index contributed by atoms with van der Waals surface area (Å²) in [5.41, 5.74) is 4.85. The molecule has 0 spiro atoms. The molecule has 2 amide bonds. The number of morpholine rings is 1. The van der Waals surface area contributed by atoms with Crippen LogP contribution in [0.5, 0.6) is 0 Å². The molecule has 0 radical (unpaired) electrons. The van der Waals surface area contributed by atoms with Crippen LogP contribution in [-0.4, -0.2) is 48.7 Å². The minimum atomic E-state index is -0.0775. The lowest BCUT2D eigenvalue weighted by Gasteiger charge is -2.41. The van der Waals surface area contributed by atoms with Crippen molar-refractivity contribution in [2.45, 2.75) is 19.4 Å². The minimum absolute atomic E-state index is 0.0775. The molecule has 0 N–H and O–H groups in total. The van der Waals surface area contributed by atoms with Crippen molar-refractivity contribution < 1.29 is 9.53 Å². The van der Waals surface area contributed by atoms with E-state index in [4.69, 9.17) is 16.3 Å². The second kappa shape index (κ2) is 7.29. The van der Waals surface area contributed by atoms with Crippen molar-refractivity contribution >= 4 is 17.6 Å². The summed E-state index contributed by atoms with van der Waals surface area (Å²) < 4.78 is 5.41. The van der Waals surface area contributed by atoms with Crippen molar-refractivity contribution in [1.82, 2.24) is 9.80 Å². The third kappa shape index (κ3) is 3.31. The van der Waals surface area contributed by atoms with E-state index in [1.54, 1.807) is 0 Å². The van der Waals surface area contributed by atoms with Crippen molar-refractivity contribution in [3.63, 3.8) is 0 Å². The molecule has 5 heteroatoms. The Morgan fingerprint density at radius 3 is 2.54 bits per heavy atom. The maximum atomic E-state index is 13.3. The zero-order valence-electron chi connectivity index (χ0n) is 15.0. The van der Waals surface area contributed by atoms with Crippen LogP contribution in [0.25, 0.3) is 0 Å². The van der Waals surface area contributed by atoms with E-state index in [0.29, 0.717) is 31.3 Å². The molecular formula is C21H23ClN2O2. The van der Waals surface area contributed by atoms with Crippen LogP contribution in [-0.2, 0) is 11.2 Å². The fourth-order valence-electron chi connectivity index (χ4n) is 3.88. The predicted octanol–water partition coefficient (Wildman–Crippen LogP) is 4.05. The minimum Gasteiger partial charge on any atom is -0.378 e. The molecule has 0 bridgehead atoms. The van der Waals surface area contributed by atoms with Gasteiger partial charge in [-0.3, -0.25) is 0 Å². The molecule has 26 heavy (non-hydrogen) atoms. The lowest BCUT2D eigenvalue weighted by Crippen LogP contribution is -2.51. The molecule has 1 saturated heterocycles. The van der Waals surface area contributed by atoms with Crippen molar-refractivity contribution in [1.29, 1.82) is 0 Å². The first-order valence-corrected chi connectivity index (χ1v) is 9.49. The molecule has 2 aliphatic rings. The molecule has 0 saturated carbocycles. The fourth-order valence-corrected chi connectivity index (χ4v) is 4.01. The van der Waals surface area contributed by atoms with Gasteiger partial charge in [0, 0.05) is 24.7 Å². The highest BCUT2D eigenvalue weighted by molar-refractivity contribution is 6.30. The van der Waals surface area contributed by atoms with E-state index >= 15 is 0 Å². The summed E-state index contributed by atoms with van der Waals surface area (Å²) in [6.45, 7) is 5.36. The van der Waals surface area contributed by atoms with Crippen molar-refractivity contribution in [2.24, 2.45) is 0 Å². The summed E-state index contributed by atoms with van der Waals surface area (Å²) in [5.74, 6) is 0. The van der Waals surface area contributed by atoms with Gasteiger partial charge in [-0.2, -0.15) is 0 Å². The van der Waals surface area contributed by atoms with E-state index in [-0.39, 0.29) is 12.1 Å². The first-order valence-electron chi connectivity index (χ1n) is 9.11. The molecule has 0 aromatic heterocycles. The largest absolute Gasteiger partial charge is 0.378 e. The Morgan fingerprint density at radius 1 is 1.08 bits per heavy atom. The molecule has 136 valence electrons. The molecule has 0 aliphatic carbocycles. The number of aryl methyl sites for hydroxylation is 1. The van der Waals surface area contributed by atoms with Gasteiger partial charge in [0.15, 0.2) is 0 Å². The van der Waals surface area contributed by atoms with E-state index in [2.05, 4.69) is 25.1 Å². The van der Waals surface area contributed by atoms with Gasteiger partial charge in [-0.1, -0.05) is 47.5 Å². The Kier molecular flexibility index (Phi) is 4.88. The van der Waals surface area contributed by atoms with E-state index in [9.17, 15) is 4.79 Å². The third-order valence-electron chi connectivity index (χ3n) is 5.24. The number of halogens is 1. The predicted molar refractivity (Wildman–Crippen MR) is 103 cm³/mol. The fraction of sp³-hybridized carbons (Fsp3) is 0.381. The first-order chi connectivity index (χ1) is 12.6. The smallest absolute Gasteiger partial charge is 0.320 e. The molecule has 4 rings (SSSR count). The number of ether oxygens (including phenoxy) is 1. The van der Waals surface area contributed by atoms with Crippen LogP contribution in [0.4, 0.5) is 4.79 Å². The zero-order chi connectivity index (χ0) is 18.1. The standard InChI is InChI=1S/C21H23ClN2O2/c1-15-2-3-16-8-9-24(21(25)23-10-12-26-13-11-23)20(19(16)14-15)17-4-6-18(22)7-5-17/h2-7,14,20H,8-13H2,1H3. The number of carbonyl (C=O) groups is 1. The molecule has 2 aromatic rings. The zero-order valence-corrected chi connectivity index (χ0v) is 15.7. The molecule has 1 fully saturated rings. The van der Waals surface area contributed by atoms with Crippen molar-refractivity contribution in [3.8, 4) is 0 Å². The maximum Gasteiger partial charge on any atom is 0.320 e. The Hall–Kier alpha value is -2.04. The summed E-state index contributed by atoms with van der Waals surface area (Å²) in [4.78, 5) is 17.2. The van der Waals surface area contributed by atoms with E-state index in [1.807, 2.05) is 34.1 Å². The van der Waals surface area contributed by atoms with Crippen LogP contribution in [0.3, 0.4) is 0 Å². The lowest BCUT2D eigenvalue weighted by atomic mass is 9.87. The Labute approximate surface area is 159 Å². The van der Waals surface area contributed by atoms with Gasteiger partial charge in [0.25, 0.3) is 0 Å². The van der Waals surface area contributed by atoms with Gasteiger partial charge in [-0.05, 0) is 42.2 Å². The average Bonchev–Trinajstić information content (AvgIpc) is 2.68. The van der Waals surface area contributed by atoms with Crippen molar-refractivity contribution in [2.75, 3.05) is 32.8 Å². The van der Waals surface area contributed by atoms with Gasteiger partial charge < -0.3 is 14.5 Å². The third-order valence-corrected chi connectivity index (χ3v) is 5.49. The normalized spacial score (nSPS) is 20.0. The Morgan fingerprint density at radius 2 is 1.81 bits per heavy atom. The number of urea groups is 1. The second-order valence-electron chi connectivity index (χ2n) is 6.98. The van der Waals surface area contributed by atoms with Crippen LogP contribution >= 0.6 is 11.6 Å². The quantitative estimate of drug-likeness (QED) is 0.758. The van der Waals surface area contributed by atoms with Gasteiger partial charge in [-0.25, -0.2) is 4.79 Å². The summed E-state index contributed by atoms with van der Waals surface area (Å²) in [7, 11) is 0. The van der Waals surface area contributed by atoms with Gasteiger partial charge in [0.1, 0.15) is 0 Å². The highest BCUT2D eigenvalue weighted by Crippen LogP contribution is 2.36. The molecule has 2 aliphatic heterocycles. The number of carbonyl (C=O) groups excluding carboxylic acids is 1. The number of hydrogen-bond donors (Lipinski definition) is 0. The lowest BCUT2D eigenvalue weighted by molar-refractivity contribution is 0.0400. The molecule has 2 heterocycles. The van der Waals surface area contributed by atoms with E-state index in [0.717, 1.165) is 18.5 Å². The van der Waals surface area contributed by atoms with Crippen molar-refractivity contribution in [3.05, 3.63) is 69.7 Å². The molecule has 4 nitrogen and oxygen atoms in total. The second-order valence-corrected chi connectivity index (χ2v) is 7.42. The molecular weight excluding hydrogens is 348 g/mol. The number of fused-ring (bicyclic) bond motifs is 1. The summed E-state index contributed by atoms with van der Waals surface area (Å²) in [5, 5.41) is 0.708. The summed E-state index contributed by atoms with van der Waals surface area (Å²) in [6, 6.07) is 14.5. The number of nitrogens with zero attached hydrogens (tertiary/aromatic N) is 2. The summed E-state index contributed by atoms with van der Waals surface area (Å²) >= 11 is 6.09. The maximum absolute atomic E-state index is 13.3. The van der Waals surface area contributed by atoms with Crippen LogP contribution in [0.1, 0.15) is 28.3 Å². The topological polar surface area (TPSA) is 32.8 Å². The van der Waals surface area contributed by atoms with Crippen LogP contribution in [0.15, 0.2) is 42.5 Å². The average molecular weight is 371 g/mol. The van der Waals surface area contributed by atoms with Gasteiger partial charge in [-0.15, -0.1) is 0 Å². The monoisotopic (exact) mass is 370 g/mol. The number of benzene rings is 2. The summed E-state index contributed by atoms with van der Waals surface area (Å²) in [6.07, 6.45) is 0.885. The highest BCUT2D eigenvalue weighted by atomic mass is 35.5. The van der Waals surface area contributed by atoms with Crippen LogP contribution in [0.2, 0.25) is 5.02 Å².